The summed E-state index contributed by atoms with van der Waals surface area (Å²) in [5, 5.41) is 21.4. The third-order valence-corrected chi connectivity index (χ3v) is 1.08. The molecule has 0 bridgehead atoms. The number of hydrogen-bond donors (Lipinski definition) is 2. The molecule has 0 fully saturated rings. The minimum absolute atomic E-state index is 0.614. The third-order valence-electron chi connectivity index (χ3n) is 1.08. The number of hydrogen-bond acceptors (Lipinski definition) is 6. The highest BCUT2D eigenvalue weighted by molar-refractivity contribution is 5.91. The van der Waals surface area contributed by atoms with Crippen LogP contribution in [0.1, 0.15) is 10.5 Å². The van der Waals surface area contributed by atoms with E-state index in [-0.39, 0.29) is 0 Å². The zero-order valence-electron chi connectivity index (χ0n) is 5.55. The van der Waals surface area contributed by atoms with Crippen molar-refractivity contribution in [1.82, 2.24) is 5.16 Å². The first-order chi connectivity index (χ1) is 5.54. The number of rotatable bonds is 2. The molecule has 0 aromatic carbocycles. The summed E-state index contributed by atoms with van der Waals surface area (Å²) in [7, 11) is 0. The van der Waals surface area contributed by atoms with Crippen molar-refractivity contribution in [3.05, 3.63) is 15.8 Å². The molecule has 0 atom stereocenters. The van der Waals surface area contributed by atoms with Crippen molar-refractivity contribution in [3.63, 3.8) is 0 Å². The van der Waals surface area contributed by atoms with E-state index in [2.05, 4.69) is 9.68 Å². The first-order valence-electron chi connectivity index (χ1n) is 2.67. The summed E-state index contributed by atoms with van der Waals surface area (Å²) < 4.78 is 4.12. The standard InChI is InChI=1S/C4H3N3O5/c5-3-2(7(10)11)1(4(8)9)6-12-3/h5H2,(H,8,9). The monoisotopic (exact) mass is 173 g/mol. The van der Waals surface area contributed by atoms with E-state index in [0.717, 1.165) is 0 Å². The molecule has 64 valence electrons. The van der Waals surface area contributed by atoms with Crippen molar-refractivity contribution in [3.8, 4) is 0 Å². The first-order valence-corrected chi connectivity index (χ1v) is 2.67. The first kappa shape index (κ1) is 7.98. The molecule has 0 amide bonds. The highest BCUT2D eigenvalue weighted by atomic mass is 16.6. The number of aromatic nitrogens is 1. The van der Waals surface area contributed by atoms with E-state index in [4.69, 9.17) is 10.8 Å². The van der Waals surface area contributed by atoms with E-state index >= 15 is 0 Å². The summed E-state index contributed by atoms with van der Waals surface area (Å²) in [5.74, 6) is -2.17. The van der Waals surface area contributed by atoms with Gasteiger partial charge in [-0.2, -0.15) is 0 Å². The van der Waals surface area contributed by atoms with Gasteiger partial charge in [-0.25, -0.2) is 4.79 Å². The van der Waals surface area contributed by atoms with E-state index in [1.807, 2.05) is 0 Å². The van der Waals surface area contributed by atoms with Gasteiger partial charge >= 0.3 is 17.5 Å². The summed E-state index contributed by atoms with van der Waals surface area (Å²) >= 11 is 0. The molecule has 1 aromatic rings. The molecule has 0 radical (unpaired) electrons. The topological polar surface area (TPSA) is 132 Å². The fraction of sp³-hybridized carbons (Fsp3) is 0. The number of carbonyl (C=O) groups is 1. The largest absolute Gasteiger partial charge is 0.476 e. The van der Waals surface area contributed by atoms with Gasteiger partial charge in [0.15, 0.2) is 0 Å². The summed E-state index contributed by atoms with van der Waals surface area (Å²) in [6.45, 7) is 0. The number of aromatic carboxylic acids is 1. The van der Waals surface area contributed by atoms with Crippen LogP contribution >= 0.6 is 0 Å². The Morgan fingerprint density at radius 2 is 2.33 bits per heavy atom. The van der Waals surface area contributed by atoms with E-state index in [9.17, 15) is 14.9 Å². The van der Waals surface area contributed by atoms with Gasteiger partial charge in [0, 0.05) is 0 Å². The number of nitrogens with zero attached hydrogens (tertiary/aromatic N) is 2. The summed E-state index contributed by atoms with van der Waals surface area (Å²) in [6, 6.07) is 0. The maximum absolute atomic E-state index is 10.3. The average molecular weight is 173 g/mol. The fourth-order valence-electron chi connectivity index (χ4n) is 0.615. The van der Waals surface area contributed by atoms with Crippen molar-refractivity contribution in [2.45, 2.75) is 0 Å². The molecule has 0 saturated heterocycles. The maximum Gasteiger partial charge on any atom is 0.367 e. The highest BCUT2D eigenvalue weighted by Gasteiger charge is 2.29. The molecule has 1 heterocycles. The van der Waals surface area contributed by atoms with Crippen LogP contribution in [0.4, 0.5) is 11.6 Å². The summed E-state index contributed by atoms with van der Waals surface area (Å²) in [5.41, 5.74) is 3.33. The third kappa shape index (κ3) is 1.05. The molecule has 8 nitrogen and oxygen atoms in total. The lowest BCUT2D eigenvalue weighted by Crippen LogP contribution is -2.02. The van der Waals surface area contributed by atoms with Crippen LogP contribution < -0.4 is 5.73 Å². The molecule has 1 aromatic heterocycles. The minimum Gasteiger partial charge on any atom is -0.476 e. The number of carboxylic acids is 1. The molecule has 8 heteroatoms. The Bertz CT molecular complexity index is 342. The SMILES string of the molecule is Nc1onc(C(=O)O)c1[N+](=O)[O-]. The van der Waals surface area contributed by atoms with E-state index in [1.54, 1.807) is 0 Å². The van der Waals surface area contributed by atoms with Gasteiger partial charge in [-0.3, -0.25) is 10.1 Å². The molecular weight excluding hydrogens is 170 g/mol. The van der Waals surface area contributed by atoms with Gasteiger partial charge in [-0.1, -0.05) is 5.16 Å². The average Bonchev–Trinajstić information content (AvgIpc) is 2.30. The molecule has 0 spiro atoms. The van der Waals surface area contributed by atoms with Gasteiger partial charge in [0.2, 0.25) is 0 Å². The zero-order valence-corrected chi connectivity index (χ0v) is 5.55. The van der Waals surface area contributed by atoms with Gasteiger partial charge in [0.05, 0.1) is 4.92 Å². The molecular formula is C4H3N3O5. The second-order valence-corrected chi connectivity index (χ2v) is 1.81. The van der Waals surface area contributed by atoms with Crippen LogP contribution in [-0.2, 0) is 0 Å². The second-order valence-electron chi connectivity index (χ2n) is 1.81. The molecule has 0 aliphatic heterocycles. The van der Waals surface area contributed by atoms with Crippen LogP contribution in [0.25, 0.3) is 0 Å². The predicted octanol–water partition coefficient (Wildman–Crippen LogP) is -0.137. The quantitative estimate of drug-likeness (QED) is 0.469. The summed E-state index contributed by atoms with van der Waals surface area (Å²) in [4.78, 5) is 19.5. The van der Waals surface area contributed by atoms with E-state index in [0.29, 0.717) is 0 Å². The Morgan fingerprint density at radius 3 is 2.67 bits per heavy atom. The number of nitrogen functional groups attached to an aromatic ring is 1. The van der Waals surface area contributed by atoms with Crippen molar-refractivity contribution in [1.29, 1.82) is 0 Å². The molecule has 0 unspecified atom stereocenters. The lowest BCUT2D eigenvalue weighted by Gasteiger charge is -1.85. The lowest BCUT2D eigenvalue weighted by atomic mass is 10.3. The Hall–Kier alpha value is -2.12. The van der Waals surface area contributed by atoms with Gasteiger partial charge in [0.25, 0.3) is 5.69 Å². The Balaban J connectivity index is 3.31. The van der Waals surface area contributed by atoms with Crippen LogP contribution in [0, 0.1) is 10.1 Å². The van der Waals surface area contributed by atoms with Crippen LogP contribution in [-0.4, -0.2) is 21.2 Å². The fourth-order valence-corrected chi connectivity index (χ4v) is 0.615. The normalized spacial score (nSPS) is 9.67. The molecule has 0 aliphatic carbocycles. The Labute approximate surface area is 64.7 Å². The molecule has 3 N–H and O–H groups in total. The second kappa shape index (κ2) is 2.49. The van der Waals surface area contributed by atoms with Crippen molar-refractivity contribution in [2.75, 3.05) is 5.73 Å². The Morgan fingerprint density at radius 1 is 1.75 bits per heavy atom. The van der Waals surface area contributed by atoms with Crippen LogP contribution in [0.15, 0.2) is 4.52 Å². The lowest BCUT2D eigenvalue weighted by molar-refractivity contribution is -0.384. The number of carboxylic acid groups (broad SMARTS) is 1. The molecule has 12 heavy (non-hydrogen) atoms. The smallest absolute Gasteiger partial charge is 0.367 e. The van der Waals surface area contributed by atoms with Crippen molar-refractivity contribution < 1.29 is 19.3 Å². The van der Waals surface area contributed by atoms with Gasteiger partial charge < -0.3 is 15.4 Å². The van der Waals surface area contributed by atoms with Crippen LogP contribution in [0.2, 0.25) is 0 Å². The molecule has 0 saturated carbocycles. The van der Waals surface area contributed by atoms with E-state index < -0.39 is 28.2 Å². The molecule has 0 aliphatic rings. The number of nitro groups is 1. The van der Waals surface area contributed by atoms with Gasteiger partial charge in [0.1, 0.15) is 0 Å². The van der Waals surface area contributed by atoms with Crippen molar-refractivity contribution >= 4 is 17.5 Å². The number of anilines is 1. The van der Waals surface area contributed by atoms with E-state index in [1.165, 1.54) is 0 Å². The number of nitrogens with two attached hydrogens (primary N) is 1. The highest BCUT2D eigenvalue weighted by Crippen LogP contribution is 2.24. The van der Waals surface area contributed by atoms with Gasteiger partial charge in [-0.15, -0.1) is 0 Å². The maximum atomic E-state index is 10.3. The molecule has 1 rings (SSSR count). The Kier molecular flexibility index (Phi) is 1.66. The zero-order chi connectivity index (χ0) is 9.30. The summed E-state index contributed by atoms with van der Waals surface area (Å²) in [6.07, 6.45) is 0. The van der Waals surface area contributed by atoms with Crippen LogP contribution in [0.3, 0.4) is 0 Å². The van der Waals surface area contributed by atoms with Crippen molar-refractivity contribution in [2.24, 2.45) is 0 Å². The predicted molar refractivity (Wildman–Crippen MR) is 34.5 cm³/mol. The van der Waals surface area contributed by atoms with Gasteiger partial charge in [-0.05, 0) is 0 Å². The minimum atomic E-state index is -1.55. The van der Waals surface area contributed by atoms with Crippen LogP contribution in [0.5, 0.6) is 0 Å².